The predicted octanol–water partition coefficient (Wildman–Crippen LogP) is 4.28. The van der Waals surface area contributed by atoms with Gasteiger partial charge in [-0.3, -0.25) is 10.1 Å². The van der Waals surface area contributed by atoms with Crippen LogP contribution in [0.2, 0.25) is 10.0 Å². The molecule has 1 aromatic heterocycles. The first-order valence-corrected chi connectivity index (χ1v) is 5.97. The van der Waals surface area contributed by atoms with Crippen molar-refractivity contribution in [3.8, 4) is 0 Å². The van der Waals surface area contributed by atoms with Crippen molar-refractivity contribution >= 4 is 62.6 Å². The normalized spacial score (nSPS) is 9.53. The van der Waals surface area contributed by atoms with Crippen LogP contribution in [0.5, 0.6) is 0 Å². The molecule has 1 aromatic carbocycles. The second kappa shape index (κ2) is 6.35. The zero-order chi connectivity index (χ0) is 11.5. The van der Waals surface area contributed by atoms with Crippen LogP contribution < -0.4 is 5.32 Å². The SMILES string of the molecule is Br.O=C(Nc1nccs1)c1c(Cl)cccc1Cl. The summed E-state index contributed by atoms with van der Waals surface area (Å²) in [5.74, 6) is -0.356. The van der Waals surface area contributed by atoms with Gasteiger partial charge in [0.1, 0.15) is 0 Å². The van der Waals surface area contributed by atoms with E-state index >= 15 is 0 Å². The zero-order valence-electron chi connectivity index (χ0n) is 8.31. The van der Waals surface area contributed by atoms with Gasteiger partial charge in [0.2, 0.25) is 0 Å². The molecule has 0 saturated heterocycles. The topological polar surface area (TPSA) is 42.0 Å². The van der Waals surface area contributed by atoms with Gasteiger partial charge >= 0.3 is 0 Å². The molecule has 0 atom stereocenters. The fourth-order valence-electron chi connectivity index (χ4n) is 1.16. The van der Waals surface area contributed by atoms with E-state index in [0.29, 0.717) is 15.2 Å². The molecular weight excluding hydrogens is 347 g/mol. The van der Waals surface area contributed by atoms with Gasteiger partial charge in [-0.1, -0.05) is 29.3 Å². The second-order valence-corrected chi connectivity index (χ2v) is 4.60. The Kier molecular flexibility index (Phi) is 5.39. The Labute approximate surface area is 123 Å². The number of carbonyl (C=O) groups excluding carboxylic acids is 1. The third-order valence-electron chi connectivity index (χ3n) is 1.84. The Morgan fingerprint density at radius 1 is 1.29 bits per heavy atom. The van der Waals surface area contributed by atoms with E-state index in [9.17, 15) is 4.79 Å². The van der Waals surface area contributed by atoms with Gasteiger partial charge in [-0.2, -0.15) is 0 Å². The Balaban J connectivity index is 0.00000144. The first kappa shape index (κ1) is 14.4. The molecule has 0 spiro atoms. The van der Waals surface area contributed by atoms with Gasteiger partial charge < -0.3 is 0 Å². The van der Waals surface area contributed by atoms with Crippen molar-refractivity contribution in [2.45, 2.75) is 0 Å². The molecule has 2 aromatic rings. The van der Waals surface area contributed by atoms with Crippen LogP contribution in [0.25, 0.3) is 0 Å². The standard InChI is InChI=1S/C10H6Cl2N2OS.BrH/c11-6-2-1-3-7(12)8(6)9(15)14-10-13-4-5-16-10;/h1-5H,(H,13,14,15);1H. The summed E-state index contributed by atoms with van der Waals surface area (Å²) in [4.78, 5) is 15.8. The van der Waals surface area contributed by atoms with Crippen LogP contribution in [0, 0.1) is 0 Å². The number of anilines is 1. The number of halogens is 3. The van der Waals surface area contributed by atoms with Crippen LogP contribution in [0.15, 0.2) is 29.8 Å². The van der Waals surface area contributed by atoms with Crippen LogP contribution in [0.3, 0.4) is 0 Å². The van der Waals surface area contributed by atoms with E-state index in [1.54, 1.807) is 29.8 Å². The lowest BCUT2D eigenvalue weighted by molar-refractivity contribution is 0.102. The molecule has 0 unspecified atom stereocenters. The molecule has 17 heavy (non-hydrogen) atoms. The molecule has 0 fully saturated rings. The maximum atomic E-state index is 11.8. The number of aromatic nitrogens is 1. The van der Waals surface area contributed by atoms with Gasteiger partial charge in [0.05, 0.1) is 15.6 Å². The predicted molar refractivity (Wildman–Crippen MR) is 76.9 cm³/mol. The van der Waals surface area contributed by atoms with Gasteiger partial charge in [-0.15, -0.1) is 28.3 Å². The monoisotopic (exact) mass is 352 g/mol. The van der Waals surface area contributed by atoms with Gasteiger partial charge in [0.15, 0.2) is 5.13 Å². The molecule has 90 valence electrons. The molecule has 1 N–H and O–H groups in total. The highest BCUT2D eigenvalue weighted by Crippen LogP contribution is 2.25. The van der Waals surface area contributed by atoms with Crippen molar-refractivity contribution in [1.82, 2.24) is 4.98 Å². The molecule has 0 aliphatic heterocycles. The van der Waals surface area contributed by atoms with Crippen LogP contribution >= 0.6 is 51.5 Å². The van der Waals surface area contributed by atoms with Gasteiger partial charge in [0, 0.05) is 11.6 Å². The third-order valence-corrected chi connectivity index (χ3v) is 3.16. The first-order valence-electron chi connectivity index (χ1n) is 4.33. The van der Waals surface area contributed by atoms with Crippen LogP contribution in [-0.2, 0) is 0 Å². The van der Waals surface area contributed by atoms with E-state index in [1.807, 2.05) is 0 Å². The number of hydrogen-bond donors (Lipinski definition) is 1. The highest BCUT2D eigenvalue weighted by Gasteiger charge is 2.15. The summed E-state index contributed by atoms with van der Waals surface area (Å²) in [6, 6.07) is 4.92. The Bertz CT molecular complexity index is 499. The largest absolute Gasteiger partial charge is 0.298 e. The van der Waals surface area contributed by atoms with E-state index in [4.69, 9.17) is 23.2 Å². The summed E-state index contributed by atoms with van der Waals surface area (Å²) in [5, 5.41) is 5.54. The minimum atomic E-state index is -0.356. The molecule has 1 amide bonds. The van der Waals surface area contributed by atoms with Crippen molar-refractivity contribution in [2.24, 2.45) is 0 Å². The quantitative estimate of drug-likeness (QED) is 0.875. The van der Waals surface area contributed by atoms with Crippen molar-refractivity contribution in [2.75, 3.05) is 5.32 Å². The smallest absolute Gasteiger partial charge is 0.260 e. The van der Waals surface area contributed by atoms with Gasteiger partial charge in [0.25, 0.3) is 5.91 Å². The molecule has 3 nitrogen and oxygen atoms in total. The average molecular weight is 354 g/mol. The van der Waals surface area contributed by atoms with Crippen LogP contribution in [-0.4, -0.2) is 10.9 Å². The lowest BCUT2D eigenvalue weighted by Crippen LogP contribution is -2.12. The third kappa shape index (κ3) is 3.42. The summed E-state index contributed by atoms with van der Waals surface area (Å²) >= 11 is 13.1. The number of hydrogen-bond acceptors (Lipinski definition) is 3. The summed E-state index contributed by atoms with van der Waals surface area (Å²) in [5.41, 5.74) is 0.265. The number of carbonyl (C=O) groups is 1. The summed E-state index contributed by atoms with van der Waals surface area (Å²) in [7, 11) is 0. The number of rotatable bonds is 2. The van der Waals surface area contributed by atoms with Crippen LogP contribution in [0.1, 0.15) is 10.4 Å². The Morgan fingerprint density at radius 3 is 2.47 bits per heavy atom. The molecule has 0 saturated carbocycles. The fourth-order valence-corrected chi connectivity index (χ4v) is 2.25. The molecule has 0 radical (unpaired) electrons. The second-order valence-electron chi connectivity index (χ2n) is 2.89. The Morgan fingerprint density at radius 2 is 1.94 bits per heavy atom. The minimum absolute atomic E-state index is 0. The molecular formula is C10H7BrCl2N2OS. The lowest BCUT2D eigenvalue weighted by atomic mass is 10.2. The number of benzene rings is 1. The van der Waals surface area contributed by atoms with Crippen molar-refractivity contribution in [1.29, 1.82) is 0 Å². The minimum Gasteiger partial charge on any atom is -0.298 e. The maximum absolute atomic E-state index is 11.8. The van der Waals surface area contributed by atoms with Gasteiger partial charge in [-0.25, -0.2) is 4.98 Å². The first-order chi connectivity index (χ1) is 7.68. The van der Waals surface area contributed by atoms with E-state index < -0.39 is 0 Å². The number of nitrogens with one attached hydrogen (secondary N) is 1. The number of nitrogens with zero attached hydrogens (tertiary/aromatic N) is 1. The molecule has 2 rings (SSSR count). The van der Waals surface area contributed by atoms with Crippen molar-refractivity contribution in [3.63, 3.8) is 0 Å². The molecule has 1 heterocycles. The average Bonchev–Trinajstić information content (AvgIpc) is 2.70. The Hall–Kier alpha value is -0.620. The molecule has 0 bridgehead atoms. The maximum Gasteiger partial charge on any atom is 0.260 e. The zero-order valence-corrected chi connectivity index (χ0v) is 12.4. The van der Waals surface area contributed by atoms with Crippen molar-refractivity contribution in [3.05, 3.63) is 45.4 Å². The molecule has 0 aliphatic carbocycles. The number of amides is 1. The van der Waals surface area contributed by atoms with E-state index in [2.05, 4.69) is 10.3 Å². The highest BCUT2D eigenvalue weighted by molar-refractivity contribution is 8.93. The van der Waals surface area contributed by atoms with Crippen molar-refractivity contribution < 1.29 is 4.79 Å². The molecule has 0 aliphatic rings. The summed E-state index contributed by atoms with van der Waals surface area (Å²) in [6.07, 6.45) is 1.61. The number of thiazole rings is 1. The van der Waals surface area contributed by atoms with E-state index in [0.717, 1.165) is 0 Å². The summed E-state index contributed by atoms with van der Waals surface area (Å²) < 4.78 is 0. The highest BCUT2D eigenvalue weighted by atomic mass is 79.9. The lowest BCUT2D eigenvalue weighted by Gasteiger charge is -2.05. The molecule has 7 heteroatoms. The summed E-state index contributed by atoms with van der Waals surface area (Å²) in [6.45, 7) is 0. The van der Waals surface area contributed by atoms with E-state index in [1.165, 1.54) is 11.3 Å². The van der Waals surface area contributed by atoms with Gasteiger partial charge in [-0.05, 0) is 12.1 Å². The van der Waals surface area contributed by atoms with E-state index in [-0.39, 0.29) is 28.5 Å². The van der Waals surface area contributed by atoms with Crippen LogP contribution in [0.4, 0.5) is 5.13 Å². The fraction of sp³-hybridized carbons (Fsp3) is 0.